The monoisotopic (exact) mass is 555 g/mol. The molecular formula is C29H38ClN5O4. The normalized spacial score (nSPS) is 20.9. The molecule has 1 atom stereocenters. The van der Waals surface area contributed by atoms with Gasteiger partial charge in [0.1, 0.15) is 11.5 Å². The fourth-order valence-corrected chi connectivity index (χ4v) is 5.54. The number of fused-ring (bicyclic) bond motifs is 1. The zero-order valence-corrected chi connectivity index (χ0v) is 23.3. The number of benzene rings is 1. The molecule has 4 heterocycles. The van der Waals surface area contributed by atoms with Crippen LogP contribution >= 0.6 is 11.6 Å². The highest BCUT2D eigenvalue weighted by Crippen LogP contribution is 2.34. The first-order valence-corrected chi connectivity index (χ1v) is 14.3. The van der Waals surface area contributed by atoms with Gasteiger partial charge in [0.25, 0.3) is 5.56 Å². The van der Waals surface area contributed by atoms with Crippen molar-refractivity contribution in [2.24, 2.45) is 5.92 Å². The second-order valence-corrected chi connectivity index (χ2v) is 11.4. The molecule has 10 heteroatoms. The highest BCUT2D eigenvalue weighted by atomic mass is 35.5. The SMILES string of the molecule is CC1CNCCO1.O=C(CCC1CC1)N1CCC(O)(Cn2cnc3c(cc(Cl)n3-c3ccccc3)c2=O)CC1. The number of hydrogen-bond acceptors (Lipinski definition) is 6. The van der Waals surface area contributed by atoms with Crippen molar-refractivity contribution in [3.8, 4) is 5.69 Å². The van der Waals surface area contributed by atoms with Gasteiger partial charge in [-0.3, -0.25) is 18.7 Å². The van der Waals surface area contributed by atoms with E-state index < -0.39 is 5.60 Å². The number of morpholine rings is 1. The topological polar surface area (TPSA) is 102 Å². The number of nitrogens with zero attached hydrogens (tertiary/aromatic N) is 4. The maximum Gasteiger partial charge on any atom is 0.262 e. The third-order valence-electron chi connectivity index (χ3n) is 7.84. The van der Waals surface area contributed by atoms with Crippen LogP contribution in [0.15, 0.2) is 47.5 Å². The molecule has 0 spiro atoms. The summed E-state index contributed by atoms with van der Waals surface area (Å²) in [6.45, 7) is 6.16. The zero-order chi connectivity index (χ0) is 27.4. The number of ether oxygens (including phenoxy) is 1. The van der Waals surface area contributed by atoms with Crippen LogP contribution in [0.5, 0.6) is 0 Å². The Kier molecular flexibility index (Phi) is 8.71. The molecular weight excluding hydrogens is 518 g/mol. The van der Waals surface area contributed by atoms with Crippen LogP contribution in [0.2, 0.25) is 5.15 Å². The van der Waals surface area contributed by atoms with E-state index in [1.807, 2.05) is 35.2 Å². The Morgan fingerprint density at radius 2 is 1.97 bits per heavy atom. The average molecular weight is 556 g/mol. The van der Waals surface area contributed by atoms with Gasteiger partial charge in [0, 0.05) is 38.3 Å². The van der Waals surface area contributed by atoms with E-state index >= 15 is 0 Å². The van der Waals surface area contributed by atoms with Crippen LogP contribution in [0, 0.1) is 5.92 Å². The van der Waals surface area contributed by atoms with Crippen LogP contribution in [-0.4, -0.2) is 74.5 Å². The van der Waals surface area contributed by atoms with Crippen molar-refractivity contribution in [1.82, 2.24) is 24.3 Å². The van der Waals surface area contributed by atoms with Crippen molar-refractivity contribution >= 4 is 28.5 Å². The third kappa shape index (κ3) is 6.90. The molecule has 1 saturated carbocycles. The lowest BCUT2D eigenvalue weighted by atomic mass is 9.91. The quantitative estimate of drug-likeness (QED) is 0.483. The lowest BCUT2D eigenvalue weighted by Crippen LogP contribution is -2.49. The number of aromatic nitrogens is 3. The van der Waals surface area contributed by atoms with Crippen molar-refractivity contribution in [3.05, 3.63) is 58.2 Å². The molecule has 1 amide bonds. The average Bonchev–Trinajstić information content (AvgIpc) is 3.71. The number of carbonyl (C=O) groups is 1. The summed E-state index contributed by atoms with van der Waals surface area (Å²) < 4.78 is 8.41. The van der Waals surface area contributed by atoms with E-state index in [-0.39, 0.29) is 18.0 Å². The summed E-state index contributed by atoms with van der Waals surface area (Å²) in [6, 6.07) is 11.1. The second kappa shape index (κ2) is 12.2. The highest BCUT2D eigenvalue weighted by Gasteiger charge is 2.35. The predicted octanol–water partition coefficient (Wildman–Crippen LogP) is 3.38. The van der Waals surface area contributed by atoms with Gasteiger partial charge >= 0.3 is 0 Å². The summed E-state index contributed by atoms with van der Waals surface area (Å²) in [4.78, 5) is 31.9. The minimum Gasteiger partial charge on any atom is -0.388 e. The number of rotatable bonds is 6. The van der Waals surface area contributed by atoms with Crippen LogP contribution in [-0.2, 0) is 16.1 Å². The Hall–Kier alpha value is -2.72. The summed E-state index contributed by atoms with van der Waals surface area (Å²) >= 11 is 6.43. The number of likely N-dealkylation sites (tertiary alicyclic amines) is 1. The van der Waals surface area contributed by atoms with Crippen LogP contribution in [0.25, 0.3) is 16.7 Å². The van der Waals surface area contributed by atoms with Crippen molar-refractivity contribution in [2.75, 3.05) is 32.8 Å². The molecule has 6 rings (SSSR count). The first-order chi connectivity index (χ1) is 18.8. The molecule has 1 unspecified atom stereocenters. The molecule has 2 aromatic heterocycles. The van der Waals surface area contributed by atoms with Crippen molar-refractivity contribution in [3.63, 3.8) is 0 Å². The molecule has 3 aromatic rings. The largest absolute Gasteiger partial charge is 0.388 e. The number of amides is 1. The summed E-state index contributed by atoms with van der Waals surface area (Å²) in [6.07, 6.45) is 6.87. The maximum atomic E-state index is 13.1. The molecule has 3 aliphatic rings. The van der Waals surface area contributed by atoms with E-state index in [1.54, 1.807) is 10.6 Å². The zero-order valence-electron chi connectivity index (χ0n) is 22.5. The molecule has 0 bridgehead atoms. The Morgan fingerprint density at radius 1 is 1.23 bits per heavy atom. The van der Waals surface area contributed by atoms with Gasteiger partial charge in [-0.1, -0.05) is 42.6 Å². The van der Waals surface area contributed by atoms with E-state index in [4.69, 9.17) is 16.3 Å². The first-order valence-electron chi connectivity index (χ1n) is 14.0. The van der Waals surface area contributed by atoms with Gasteiger partial charge in [-0.15, -0.1) is 0 Å². The Balaban J connectivity index is 0.000000384. The van der Waals surface area contributed by atoms with Gasteiger partial charge in [-0.25, -0.2) is 4.98 Å². The van der Waals surface area contributed by atoms with Crippen molar-refractivity contribution in [1.29, 1.82) is 0 Å². The molecule has 2 aliphatic heterocycles. The van der Waals surface area contributed by atoms with Gasteiger partial charge in [-0.2, -0.15) is 0 Å². The van der Waals surface area contributed by atoms with Crippen molar-refractivity contribution in [2.45, 2.75) is 63.7 Å². The van der Waals surface area contributed by atoms with Gasteiger partial charge in [0.15, 0.2) is 5.65 Å². The maximum absolute atomic E-state index is 13.1. The first kappa shape index (κ1) is 27.8. The summed E-state index contributed by atoms with van der Waals surface area (Å²) in [5.74, 6) is 0.913. The van der Waals surface area contributed by atoms with Crippen molar-refractivity contribution < 1.29 is 14.6 Å². The van der Waals surface area contributed by atoms with E-state index in [9.17, 15) is 14.7 Å². The lowest BCUT2D eigenvalue weighted by Gasteiger charge is -2.38. The lowest BCUT2D eigenvalue weighted by molar-refractivity contribution is -0.136. The molecule has 3 fully saturated rings. The van der Waals surface area contributed by atoms with Crippen LogP contribution in [0.1, 0.15) is 45.4 Å². The summed E-state index contributed by atoms with van der Waals surface area (Å²) in [7, 11) is 0. The number of carbonyl (C=O) groups excluding carboxylic acids is 1. The molecule has 210 valence electrons. The molecule has 2 N–H and O–H groups in total. The Bertz CT molecular complexity index is 1320. The number of halogens is 1. The van der Waals surface area contributed by atoms with Crippen LogP contribution < -0.4 is 10.9 Å². The molecule has 0 radical (unpaired) electrons. The fourth-order valence-electron chi connectivity index (χ4n) is 5.26. The van der Waals surface area contributed by atoms with Gasteiger partial charge in [-0.05, 0) is 50.3 Å². The van der Waals surface area contributed by atoms with Crippen LogP contribution in [0.4, 0.5) is 0 Å². The molecule has 39 heavy (non-hydrogen) atoms. The summed E-state index contributed by atoms with van der Waals surface area (Å²) in [5.41, 5.74) is 0.0427. The molecule has 2 saturated heterocycles. The Morgan fingerprint density at radius 3 is 2.59 bits per heavy atom. The van der Waals surface area contributed by atoms with Gasteiger partial charge in [0.05, 0.1) is 30.2 Å². The molecule has 1 aromatic carbocycles. The fraction of sp³-hybridized carbons (Fsp3) is 0.552. The second-order valence-electron chi connectivity index (χ2n) is 11.0. The van der Waals surface area contributed by atoms with Gasteiger partial charge in [0.2, 0.25) is 5.91 Å². The Labute approximate surface area is 233 Å². The van der Waals surface area contributed by atoms with E-state index in [0.29, 0.717) is 54.6 Å². The number of aliphatic hydroxyl groups is 1. The van der Waals surface area contributed by atoms with E-state index in [2.05, 4.69) is 17.2 Å². The predicted molar refractivity (Wildman–Crippen MR) is 151 cm³/mol. The highest BCUT2D eigenvalue weighted by molar-refractivity contribution is 6.31. The number of hydrogen-bond donors (Lipinski definition) is 2. The minimum atomic E-state index is -1.04. The molecule has 1 aliphatic carbocycles. The molecule has 9 nitrogen and oxygen atoms in total. The number of nitrogens with one attached hydrogen (secondary N) is 1. The minimum absolute atomic E-state index is 0.146. The summed E-state index contributed by atoms with van der Waals surface area (Å²) in [5, 5.41) is 15.2. The third-order valence-corrected chi connectivity index (χ3v) is 8.12. The van der Waals surface area contributed by atoms with Crippen LogP contribution in [0.3, 0.4) is 0 Å². The number of piperidine rings is 1. The number of para-hydroxylation sites is 1. The standard InChI is InChI=1S/C24H27ClN4O3.C5H11NO/c25-20-14-19-22(29(20)18-4-2-1-3-5-18)26-16-28(23(19)31)15-24(32)10-12-27(13-11-24)21(30)9-8-17-6-7-17;1-5-4-6-2-3-7-5/h1-5,14,16-17,32H,6-13,15H2;5-6H,2-4H2,1H3. The van der Waals surface area contributed by atoms with E-state index in [0.717, 1.165) is 37.7 Å². The van der Waals surface area contributed by atoms with E-state index in [1.165, 1.54) is 23.7 Å². The smallest absolute Gasteiger partial charge is 0.262 e. The van der Waals surface area contributed by atoms with Gasteiger partial charge < -0.3 is 20.1 Å².